The number of aromatic nitrogens is 2. The van der Waals surface area contributed by atoms with Crippen molar-refractivity contribution < 1.29 is 14.3 Å². The molecule has 2 aromatic rings. The van der Waals surface area contributed by atoms with Crippen LogP contribution in [0, 0.1) is 0 Å². The van der Waals surface area contributed by atoms with Gasteiger partial charge in [-0.2, -0.15) is 5.10 Å². The van der Waals surface area contributed by atoms with Gasteiger partial charge in [-0.1, -0.05) is 15.9 Å². The highest BCUT2D eigenvalue weighted by molar-refractivity contribution is 9.10. The van der Waals surface area contributed by atoms with Crippen LogP contribution >= 0.6 is 15.9 Å². The Bertz CT molecular complexity index is 634. The molecule has 0 saturated heterocycles. The fraction of sp³-hybridized carbons (Fsp3) is 0.250. The van der Waals surface area contributed by atoms with Gasteiger partial charge in [0.2, 0.25) is 0 Å². The summed E-state index contributed by atoms with van der Waals surface area (Å²) < 4.78 is 7.03. The summed E-state index contributed by atoms with van der Waals surface area (Å²) in [6.07, 6.45) is 0. The van der Waals surface area contributed by atoms with E-state index in [4.69, 9.17) is 0 Å². The molecule has 6 heteroatoms. The van der Waals surface area contributed by atoms with Crippen molar-refractivity contribution >= 4 is 38.6 Å². The van der Waals surface area contributed by atoms with Gasteiger partial charge in [-0.05, 0) is 25.1 Å². The number of hydrogen-bond acceptors (Lipinski definition) is 4. The summed E-state index contributed by atoms with van der Waals surface area (Å²) in [6.45, 7) is 1.61. The lowest BCUT2D eigenvalue weighted by atomic mass is 10.2. The SMILES string of the molecule is COC(=O)c1nn(CC(C)=O)c2ccc(Br)cc12. The van der Waals surface area contributed by atoms with E-state index in [0.717, 1.165) is 9.99 Å². The van der Waals surface area contributed by atoms with Gasteiger partial charge in [0, 0.05) is 9.86 Å². The Morgan fingerprint density at radius 3 is 2.78 bits per heavy atom. The van der Waals surface area contributed by atoms with Crippen LogP contribution in [-0.4, -0.2) is 28.6 Å². The van der Waals surface area contributed by atoms with Crippen molar-refractivity contribution in [2.24, 2.45) is 0 Å². The van der Waals surface area contributed by atoms with Crippen molar-refractivity contribution in [3.05, 3.63) is 28.4 Å². The lowest BCUT2D eigenvalue weighted by Gasteiger charge is -1.99. The van der Waals surface area contributed by atoms with Crippen LogP contribution in [0.15, 0.2) is 22.7 Å². The number of rotatable bonds is 3. The molecule has 5 nitrogen and oxygen atoms in total. The van der Waals surface area contributed by atoms with Crippen molar-refractivity contribution in [3.63, 3.8) is 0 Å². The number of nitrogens with zero attached hydrogens (tertiary/aromatic N) is 2. The molecule has 0 aliphatic carbocycles. The van der Waals surface area contributed by atoms with E-state index in [1.54, 1.807) is 6.07 Å². The molecule has 1 aromatic heterocycles. The van der Waals surface area contributed by atoms with E-state index in [2.05, 4.69) is 25.8 Å². The molecule has 1 heterocycles. The third-order valence-corrected chi connectivity index (χ3v) is 2.96. The molecule has 0 saturated carbocycles. The van der Waals surface area contributed by atoms with Crippen LogP contribution in [0.3, 0.4) is 0 Å². The lowest BCUT2D eigenvalue weighted by Crippen LogP contribution is -2.09. The largest absolute Gasteiger partial charge is 0.464 e. The number of ketones is 1. The smallest absolute Gasteiger partial charge is 0.359 e. The summed E-state index contributed by atoms with van der Waals surface area (Å²) >= 11 is 3.34. The van der Waals surface area contributed by atoms with Crippen LogP contribution in [0.2, 0.25) is 0 Å². The number of ether oxygens (including phenoxy) is 1. The highest BCUT2D eigenvalue weighted by Gasteiger charge is 2.18. The topological polar surface area (TPSA) is 61.2 Å². The summed E-state index contributed by atoms with van der Waals surface area (Å²) in [5.41, 5.74) is 0.948. The first-order valence-corrected chi connectivity index (χ1v) is 6.06. The van der Waals surface area contributed by atoms with Gasteiger partial charge in [0.05, 0.1) is 19.2 Å². The summed E-state index contributed by atoms with van der Waals surface area (Å²) in [4.78, 5) is 22.8. The number of esters is 1. The molecule has 0 spiro atoms. The monoisotopic (exact) mass is 310 g/mol. The standard InChI is InChI=1S/C12H11BrN2O3/c1-7(16)6-15-10-4-3-8(13)5-9(10)11(14-15)12(17)18-2/h3-5H,6H2,1-2H3. The number of methoxy groups -OCH3 is 1. The molecule has 18 heavy (non-hydrogen) atoms. The van der Waals surface area contributed by atoms with Crippen molar-refractivity contribution in [2.75, 3.05) is 7.11 Å². The molecule has 0 aliphatic heterocycles. The van der Waals surface area contributed by atoms with E-state index >= 15 is 0 Å². The minimum Gasteiger partial charge on any atom is -0.464 e. The molecule has 0 fully saturated rings. The first-order chi connectivity index (χ1) is 8.52. The van der Waals surface area contributed by atoms with Crippen molar-refractivity contribution in [1.29, 1.82) is 0 Å². The van der Waals surface area contributed by atoms with Crippen molar-refractivity contribution in [2.45, 2.75) is 13.5 Å². The lowest BCUT2D eigenvalue weighted by molar-refractivity contribution is -0.117. The Hall–Kier alpha value is -1.69. The Kier molecular flexibility index (Phi) is 3.47. The van der Waals surface area contributed by atoms with Gasteiger partial charge in [-0.15, -0.1) is 0 Å². The number of Topliss-reactive ketones (excluding diaryl/α,β-unsaturated/α-hetero) is 1. The van der Waals surface area contributed by atoms with Gasteiger partial charge in [-0.3, -0.25) is 9.48 Å². The predicted octanol–water partition coefficient (Wildman–Crippen LogP) is 2.17. The summed E-state index contributed by atoms with van der Waals surface area (Å²) in [7, 11) is 1.30. The quantitative estimate of drug-likeness (QED) is 0.815. The van der Waals surface area contributed by atoms with E-state index in [9.17, 15) is 9.59 Å². The number of carbonyl (C=O) groups is 2. The van der Waals surface area contributed by atoms with Gasteiger partial charge < -0.3 is 4.74 Å². The Balaban J connectivity index is 2.66. The maximum atomic E-state index is 11.6. The zero-order valence-corrected chi connectivity index (χ0v) is 11.5. The minimum atomic E-state index is -0.514. The van der Waals surface area contributed by atoms with Crippen molar-refractivity contribution in [1.82, 2.24) is 9.78 Å². The number of halogens is 1. The minimum absolute atomic E-state index is 0.0289. The second-order valence-corrected chi connectivity index (χ2v) is 4.78. The van der Waals surface area contributed by atoms with Crippen LogP contribution in [-0.2, 0) is 16.1 Å². The molecule has 0 unspecified atom stereocenters. The number of hydrogen-bond donors (Lipinski definition) is 0. The zero-order chi connectivity index (χ0) is 13.3. The van der Waals surface area contributed by atoms with Crippen LogP contribution in [0.25, 0.3) is 10.9 Å². The molecule has 0 N–H and O–H groups in total. The number of fused-ring (bicyclic) bond motifs is 1. The second kappa shape index (κ2) is 4.89. The van der Waals surface area contributed by atoms with E-state index in [1.807, 2.05) is 12.1 Å². The van der Waals surface area contributed by atoms with Gasteiger partial charge >= 0.3 is 5.97 Å². The number of benzene rings is 1. The van der Waals surface area contributed by atoms with Gasteiger partial charge in [0.25, 0.3) is 0 Å². The normalized spacial score (nSPS) is 10.6. The summed E-state index contributed by atoms with van der Waals surface area (Å²) in [5, 5.41) is 4.81. The van der Waals surface area contributed by atoms with Crippen LogP contribution < -0.4 is 0 Å². The fourth-order valence-corrected chi connectivity index (χ4v) is 2.09. The Morgan fingerprint density at radius 1 is 1.44 bits per heavy atom. The van der Waals surface area contributed by atoms with Crippen molar-refractivity contribution in [3.8, 4) is 0 Å². The van der Waals surface area contributed by atoms with E-state index in [1.165, 1.54) is 18.7 Å². The summed E-state index contributed by atoms with van der Waals surface area (Å²) in [5.74, 6) is -0.542. The average Bonchev–Trinajstić information content (AvgIpc) is 2.65. The third-order valence-electron chi connectivity index (χ3n) is 2.46. The fourth-order valence-electron chi connectivity index (χ4n) is 1.73. The zero-order valence-electron chi connectivity index (χ0n) is 9.94. The van der Waals surface area contributed by atoms with E-state index in [-0.39, 0.29) is 18.0 Å². The second-order valence-electron chi connectivity index (χ2n) is 3.86. The summed E-state index contributed by atoms with van der Waals surface area (Å²) in [6, 6.07) is 5.43. The van der Waals surface area contributed by atoms with Gasteiger partial charge in [-0.25, -0.2) is 4.79 Å². The highest BCUT2D eigenvalue weighted by Crippen LogP contribution is 2.23. The molecule has 0 atom stereocenters. The molecular formula is C12H11BrN2O3. The maximum Gasteiger partial charge on any atom is 0.359 e. The van der Waals surface area contributed by atoms with E-state index in [0.29, 0.717) is 5.39 Å². The molecule has 0 radical (unpaired) electrons. The van der Waals surface area contributed by atoms with Crippen LogP contribution in [0.4, 0.5) is 0 Å². The third kappa shape index (κ3) is 2.28. The average molecular weight is 311 g/mol. The highest BCUT2D eigenvalue weighted by atomic mass is 79.9. The Labute approximate surface area is 112 Å². The maximum absolute atomic E-state index is 11.6. The molecule has 1 aromatic carbocycles. The van der Waals surface area contributed by atoms with Gasteiger partial charge in [0.15, 0.2) is 11.5 Å². The van der Waals surface area contributed by atoms with Crippen LogP contribution in [0.5, 0.6) is 0 Å². The molecule has 94 valence electrons. The molecular weight excluding hydrogens is 300 g/mol. The Morgan fingerprint density at radius 2 is 2.17 bits per heavy atom. The van der Waals surface area contributed by atoms with Gasteiger partial charge in [0.1, 0.15) is 0 Å². The van der Waals surface area contributed by atoms with Crippen LogP contribution in [0.1, 0.15) is 17.4 Å². The molecule has 2 rings (SSSR count). The first-order valence-electron chi connectivity index (χ1n) is 5.26. The predicted molar refractivity (Wildman–Crippen MR) is 69.5 cm³/mol. The molecule has 0 aliphatic rings. The molecule has 0 amide bonds. The molecule has 0 bridgehead atoms. The number of carbonyl (C=O) groups excluding carboxylic acids is 2. The first kappa shape index (κ1) is 12.8. The van der Waals surface area contributed by atoms with E-state index < -0.39 is 5.97 Å².